The molecular formula is C18H20N2O6S. The fourth-order valence-electron chi connectivity index (χ4n) is 2.27. The van der Waals surface area contributed by atoms with E-state index in [4.69, 9.17) is 14.8 Å². The van der Waals surface area contributed by atoms with Gasteiger partial charge in [0, 0.05) is 17.9 Å². The molecular weight excluding hydrogens is 372 g/mol. The van der Waals surface area contributed by atoms with Crippen LogP contribution in [-0.2, 0) is 27.7 Å². The van der Waals surface area contributed by atoms with Gasteiger partial charge in [0.1, 0.15) is 4.75 Å². The zero-order chi connectivity index (χ0) is 20.1. The minimum Gasteiger partial charge on any atom is -0.392 e. The Kier molecular flexibility index (Phi) is 6.38. The van der Waals surface area contributed by atoms with Gasteiger partial charge in [0.2, 0.25) is 5.76 Å². The van der Waals surface area contributed by atoms with E-state index in [1.54, 1.807) is 30.3 Å². The van der Waals surface area contributed by atoms with Crippen LogP contribution in [0.2, 0.25) is 0 Å². The highest BCUT2D eigenvalue weighted by molar-refractivity contribution is 7.92. The second kappa shape index (κ2) is 8.35. The molecule has 0 saturated heterocycles. The molecule has 1 unspecified atom stereocenters. The quantitative estimate of drug-likeness (QED) is 0.377. The Morgan fingerprint density at radius 1 is 1.30 bits per heavy atom. The average molecular weight is 392 g/mol. The molecule has 1 amide bonds. The lowest BCUT2D eigenvalue weighted by Crippen LogP contribution is -2.49. The molecule has 0 aliphatic carbocycles. The van der Waals surface area contributed by atoms with E-state index in [1.807, 2.05) is 0 Å². The SMILES string of the molecule is CC(CCc1cc(C#Cc2ccc(CO)cc2)on1)(C(=O)NO)S(C)(=O)=O. The number of rotatable bonds is 6. The molecule has 0 fully saturated rings. The summed E-state index contributed by atoms with van der Waals surface area (Å²) in [7, 11) is -3.77. The molecule has 0 saturated carbocycles. The highest BCUT2D eigenvalue weighted by Crippen LogP contribution is 2.23. The van der Waals surface area contributed by atoms with Gasteiger partial charge >= 0.3 is 0 Å². The highest BCUT2D eigenvalue weighted by Gasteiger charge is 2.43. The number of amides is 1. The van der Waals surface area contributed by atoms with Crippen LogP contribution in [0.5, 0.6) is 0 Å². The Labute approximate surface area is 157 Å². The maximum atomic E-state index is 11.9. The van der Waals surface area contributed by atoms with Crippen molar-refractivity contribution in [1.82, 2.24) is 10.6 Å². The standard InChI is InChI=1S/C18H20N2O6S/c1-18(17(22)19-23,27(2,24)25)10-9-15-11-16(26-20-15)8-7-13-3-5-14(12-21)6-4-13/h3-6,11,21,23H,9-10,12H2,1-2H3,(H,19,22). The Morgan fingerprint density at radius 2 is 1.96 bits per heavy atom. The Bertz CT molecular complexity index is 969. The first-order valence-corrected chi connectivity index (χ1v) is 9.90. The first kappa shape index (κ1) is 20.6. The summed E-state index contributed by atoms with van der Waals surface area (Å²) in [5.74, 6) is 4.99. The van der Waals surface area contributed by atoms with E-state index >= 15 is 0 Å². The molecule has 144 valence electrons. The van der Waals surface area contributed by atoms with Crippen molar-refractivity contribution in [2.24, 2.45) is 0 Å². The largest absolute Gasteiger partial charge is 0.392 e. The molecule has 1 aromatic carbocycles. The number of nitrogens with zero attached hydrogens (tertiary/aromatic N) is 1. The summed E-state index contributed by atoms with van der Waals surface area (Å²) in [4.78, 5) is 11.8. The number of carbonyl (C=O) groups excluding carboxylic acids is 1. The number of hydrogen-bond donors (Lipinski definition) is 3. The maximum absolute atomic E-state index is 11.9. The molecule has 0 aliphatic heterocycles. The first-order chi connectivity index (χ1) is 12.7. The summed E-state index contributed by atoms with van der Waals surface area (Å²) in [6, 6.07) is 8.61. The van der Waals surface area contributed by atoms with Gasteiger partial charge in [0.05, 0.1) is 12.3 Å². The van der Waals surface area contributed by atoms with Gasteiger partial charge in [0.25, 0.3) is 5.91 Å². The van der Waals surface area contributed by atoms with Crippen LogP contribution in [0.15, 0.2) is 34.9 Å². The van der Waals surface area contributed by atoms with E-state index in [9.17, 15) is 13.2 Å². The van der Waals surface area contributed by atoms with Crippen molar-refractivity contribution in [2.75, 3.05) is 6.26 Å². The monoisotopic (exact) mass is 392 g/mol. The van der Waals surface area contributed by atoms with Crippen LogP contribution in [0.3, 0.4) is 0 Å². The number of sulfone groups is 1. The van der Waals surface area contributed by atoms with Crippen molar-refractivity contribution in [1.29, 1.82) is 0 Å². The van der Waals surface area contributed by atoms with E-state index in [1.165, 1.54) is 12.4 Å². The number of benzene rings is 1. The minimum absolute atomic E-state index is 0.0418. The van der Waals surface area contributed by atoms with Gasteiger partial charge in [-0.05, 0) is 43.4 Å². The Balaban J connectivity index is 2.09. The molecule has 8 nitrogen and oxygen atoms in total. The predicted octanol–water partition coefficient (Wildman–Crippen LogP) is 0.808. The molecule has 9 heteroatoms. The molecule has 1 aromatic heterocycles. The van der Waals surface area contributed by atoms with E-state index < -0.39 is 20.5 Å². The molecule has 0 spiro atoms. The highest BCUT2D eigenvalue weighted by atomic mass is 32.2. The molecule has 2 rings (SSSR count). The summed E-state index contributed by atoms with van der Waals surface area (Å²) in [5.41, 5.74) is 3.35. The molecule has 0 aliphatic rings. The Morgan fingerprint density at radius 3 is 2.52 bits per heavy atom. The van der Waals surface area contributed by atoms with Gasteiger partial charge < -0.3 is 9.63 Å². The molecule has 0 bridgehead atoms. The fraction of sp³-hybridized carbons (Fsp3) is 0.333. The molecule has 27 heavy (non-hydrogen) atoms. The second-order valence-corrected chi connectivity index (χ2v) is 8.68. The average Bonchev–Trinajstić information content (AvgIpc) is 3.11. The van der Waals surface area contributed by atoms with E-state index in [-0.39, 0.29) is 19.4 Å². The van der Waals surface area contributed by atoms with Crippen molar-refractivity contribution in [3.05, 3.63) is 52.9 Å². The second-order valence-electron chi connectivity index (χ2n) is 6.23. The lowest BCUT2D eigenvalue weighted by Gasteiger charge is -2.24. The van der Waals surface area contributed by atoms with Gasteiger partial charge in [-0.1, -0.05) is 23.2 Å². The summed E-state index contributed by atoms with van der Waals surface area (Å²) in [5, 5.41) is 21.7. The lowest BCUT2D eigenvalue weighted by atomic mass is 10.0. The van der Waals surface area contributed by atoms with Gasteiger partial charge in [-0.15, -0.1) is 0 Å². The van der Waals surface area contributed by atoms with Crippen molar-refractivity contribution >= 4 is 15.7 Å². The van der Waals surface area contributed by atoms with Gasteiger partial charge in [0.15, 0.2) is 9.84 Å². The number of aryl methyl sites for hydroxylation is 1. The summed E-state index contributed by atoms with van der Waals surface area (Å²) < 4.78 is 27.2. The minimum atomic E-state index is -3.77. The number of nitrogens with one attached hydrogen (secondary N) is 1. The van der Waals surface area contributed by atoms with Gasteiger partial charge in [-0.25, -0.2) is 13.9 Å². The number of aliphatic hydroxyl groups excluding tert-OH is 1. The lowest BCUT2D eigenvalue weighted by molar-refractivity contribution is -0.131. The van der Waals surface area contributed by atoms with Gasteiger partial charge in [-0.2, -0.15) is 0 Å². The molecule has 1 atom stereocenters. The fourth-order valence-corrected chi connectivity index (χ4v) is 3.12. The zero-order valence-corrected chi connectivity index (χ0v) is 15.7. The van der Waals surface area contributed by atoms with E-state index in [2.05, 4.69) is 17.0 Å². The van der Waals surface area contributed by atoms with Crippen LogP contribution in [0.25, 0.3) is 0 Å². The molecule has 1 heterocycles. The van der Waals surface area contributed by atoms with E-state index in [0.717, 1.165) is 17.4 Å². The van der Waals surface area contributed by atoms with Crippen LogP contribution < -0.4 is 5.48 Å². The van der Waals surface area contributed by atoms with Crippen LogP contribution in [0, 0.1) is 11.8 Å². The van der Waals surface area contributed by atoms with Crippen molar-refractivity contribution in [3.8, 4) is 11.8 Å². The predicted molar refractivity (Wildman–Crippen MR) is 96.3 cm³/mol. The Hall–Kier alpha value is -2.67. The third kappa shape index (κ3) is 4.95. The van der Waals surface area contributed by atoms with Crippen LogP contribution in [0.4, 0.5) is 0 Å². The summed E-state index contributed by atoms with van der Waals surface area (Å²) in [6.45, 7) is 1.20. The first-order valence-electron chi connectivity index (χ1n) is 8.01. The third-order valence-corrected chi connectivity index (χ3v) is 6.31. The molecule has 3 N–H and O–H groups in total. The molecule has 2 aromatic rings. The number of aromatic nitrogens is 1. The topological polar surface area (TPSA) is 130 Å². The van der Waals surface area contributed by atoms with Crippen molar-refractivity contribution in [2.45, 2.75) is 31.1 Å². The smallest absolute Gasteiger partial charge is 0.264 e. The van der Waals surface area contributed by atoms with Gasteiger partial charge in [-0.3, -0.25) is 10.0 Å². The molecule has 0 radical (unpaired) electrons. The zero-order valence-electron chi connectivity index (χ0n) is 14.9. The van der Waals surface area contributed by atoms with Crippen LogP contribution >= 0.6 is 0 Å². The number of carbonyl (C=O) groups is 1. The van der Waals surface area contributed by atoms with Crippen molar-refractivity contribution in [3.63, 3.8) is 0 Å². The summed E-state index contributed by atoms with van der Waals surface area (Å²) in [6.07, 6.45) is 0.998. The third-order valence-electron chi connectivity index (χ3n) is 4.28. The number of hydroxylamine groups is 1. The van der Waals surface area contributed by atoms with E-state index in [0.29, 0.717) is 11.5 Å². The number of hydrogen-bond acceptors (Lipinski definition) is 7. The number of aliphatic hydroxyl groups is 1. The van der Waals surface area contributed by atoms with Crippen molar-refractivity contribution < 1.29 is 28.0 Å². The summed E-state index contributed by atoms with van der Waals surface area (Å²) >= 11 is 0. The maximum Gasteiger partial charge on any atom is 0.264 e. The van der Waals surface area contributed by atoms with Crippen LogP contribution in [0.1, 0.15) is 35.9 Å². The normalized spacial score (nSPS) is 13.3. The van der Waals surface area contributed by atoms with Crippen LogP contribution in [-0.4, -0.2) is 40.8 Å².